The van der Waals surface area contributed by atoms with Gasteiger partial charge in [-0.3, -0.25) is 14.5 Å². The summed E-state index contributed by atoms with van der Waals surface area (Å²) < 4.78 is 0. The summed E-state index contributed by atoms with van der Waals surface area (Å²) in [7, 11) is 0. The maximum absolute atomic E-state index is 11.3. The van der Waals surface area contributed by atoms with Crippen LogP contribution in [0.3, 0.4) is 0 Å². The number of nitrogens with zero attached hydrogens (tertiary/aromatic N) is 1. The Morgan fingerprint density at radius 2 is 2.25 bits per heavy atom. The van der Waals surface area contributed by atoms with Crippen LogP contribution in [-0.4, -0.2) is 28.4 Å². The molecular formula is C8H9NO3. The minimum absolute atomic E-state index is 0.0354. The molecule has 1 heterocycles. The van der Waals surface area contributed by atoms with Crippen molar-refractivity contribution in [2.45, 2.75) is 12.8 Å². The Labute approximate surface area is 69.5 Å². The van der Waals surface area contributed by atoms with Gasteiger partial charge in [-0.1, -0.05) is 0 Å². The van der Waals surface area contributed by atoms with Crippen LogP contribution >= 0.6 is 0 Å². The topological polar surface area (TPSA) is 57.6 Å². The molecule has 0 bridgehead atoms. The molecule has 2 amide bonds. The van der Waals surface area contributed by atoms with Gasteiger partial charge in [0.1, 0.15) is 0 Å². The zero-order valence-electron chi connectivity index (χ0n) is 6.49. The van der Waals surface area contributed by atoms with E-state index in [1.165, 1.54) is 6.08 Å². The summed E-state index contributed by atoms with van der Waals surface area (Å²) in [4.78, 5) is 23.5. The maximum Gasteiger partial charge on any atom is 0.295 e. The van der Waals surface area contributed by atoms with Gasteiger partial charge in [-0.05, 0) is 18.9 Å². The van der Waals surface area contributed by atoms with Crippen molar-refractivity contribution in [1.82, 2.24) is 4.90 Å². The van der Waals surface area contributed by atoms with Crippen LogP contribution in [0.15, 0.2) is 11.8 Å². The summed E-state index contributed by atoms with van der Waals surface area (Å²) in [6.07, 6.45) is 3.12. The molecule has 0 radical (unpaired) electrons. The van der Waals surface area contributed by atoms with E-state index in [9.17, 15) is 9.59 Å². The van der Waals surface area contributed by atoms with Gasteiger partial charge in [0.15, 0.2) is 5.76 Å². The summed E-state index contributed by atoms with van der Waals surface area (Å²) >= 11 is 0. The highest BCUT2D eigenvalue weighted by molar-refractivity contribution is 6.06. The lowest BCUT2D eigenvalue weighted by atomic mass is 10.3. The molecule has 4 heteroatoms. The molecule has 1 aliphatic heterocycles. The van der Waals surface area contributed by atoms with E-state index in [0.717, 1.165) is 17.7 Å². The summed E-state index contributed by atoms with van der Waals surface area (Å²) in [6.45, 7) is 0.236. The monoisotopic (exact) mass is 167 g/mol. The second-order valence-electron chi connectivity index (χ2n) is 3.12. The van der Waals surface area contributed by atoms with E-state index in [1.807, 2.05) is 0 Å². The number of hydrogen-bond acceptors (Lipinski definition) is 3. The molecular weight excluding hydrogens is 158 g/mol. The van der Waals surface area contributed by atoms with Crippen LogP contribution in [0.25, 0.3) is 0 Å². The molecule has 1 N–H and O–H groups in total. The largest absolute Gasteiger partial charge is 0.503 e. The Balaban J connectivity index is 2.07. The van der Waals surface area contributed by atoms with Crippen LogP contribution in [0.4, 0.5) is 0 Å². The summed E-state index contributed by atoms with van der Waals surface area (Å²) in [5, 5.41) is 8.94. The van der Waals surface area contributed by atoms with Crippen molar-refractivity contribution in [3.05, 3.63) is 11.8 Å². The van der Waals surface area contributed by atoms with E-state index in [0.29, 0.717) is 0 Å². The van der Waals surface area contributed by atoms with Crippen LogP contribution in [0.2, 0.25) is 0 Å². The first kappa shape index (κ1) is 7.34. The number of aliphatic hydroxyl groups excluding tert-OH is 1. The highest BCUT2D eigenvalue weighted by Crippen LogP contribution is 2.32. The molecule has 12 heavy (non-hydrogen) atoms. The van der Waals surface area contributed by atoms with Gasteiger partial charge in [0, 0.05) is 5.92 Å². The summed E-state index contributed by atoms with van der Waals surface area (Å²) in [5.74, 6) is -0.954. The van der Waals surface area contributed by atoms with E-state index < -0.39 is 5.91 Å². The minimum atomic E-state index is -0.549. The van der Waals surface area contributed by atoms with Crippen molar-refractivity contribution in [2.24, 2.45) is 5.92 Å². The van der Waals surface area contributed by atoms with Crippen molar-refractivity contribution < 1.29 is 14.7 Å². The molecule has 0 unspecified atom stereocenters. The van der Waals surface area contributed by atoms with E-state index >= 15 is 0 Å². The van der Waals surface area contributed by atoms with Crippen molar-refractivity contribution in [1.29, 1.82) is 0 Å². The van der Waals surface area contributed by atoms with Gasteiger partial charge < -0.3 is 5.11 Å². The number of hydrogen-bond donors (Lipinski definition) is 1. The molecule has 2 rings (SSSR count). The minimum Gasteiger partial charge on any atom is -0.503 e. The normalized spacial score (nSPS) is 22.8. The standard InChI is InChI=1S/C8H9NO3/c10-6-3-4-9(8(6)12)7(11)5-1-2-5/h3,5,10H,1-2,4H2. The van der Waals surface area contributed by atoms with Gasteiger partial charge in [-0.25, -0.2) is 0 Å². The molecule has 1 fully saturated rings. The fourth-order valence-corrected chi connectivity index (χ4v) is 1.23. The molecule has 0 aromatic carbocycles. The Morgan fingerprint density at radius 1 is 1.58 bits per heavy atom. The Bertz CT molecular complexity index is 278. The zero-order valence-corrected chi connectivity index (χ0v) is 6.49. The first-order valence-electron chi connectivity index (χ1n) is 3.95. The predicted octanol–water partition coefficient (Wildman–Crippen LogP) is 0.207. The Hall–Kier alpha value is -1.32. The average molecular weight is 167 g/mol. The molecule has 0 spiro atoms. The number of aliphatic hydroxyl groups is 1. The van der Waals surface area contributed by atoms with E-state index in [-0.39, 0.29) is 24.1 Å². The van der Waals surface area contributed by atoms with Crippen molar-refractivity contribution in [3.63, 3.8) is 0 Å². The van der Waals surface area contributed by atoms with Gasteiger partial charge in [-0.15, -0.1) is 0 Å². The number of imide groups is 1. The SMILES string of the molecule is O=C1C(O)=CCN1C(=O)C1CC1. The van der Waals surface area contributed by atoms with Crippen LogP contribution in [0.5, 0.6) is 0 Å². The lowest BCUT2D eigenvalue weighted by Crippen LogP contribution is -2.34. The molecule has 0 saturated heterocycles. The highest BCUT2D eigenvalue weighted by atomic mass is 16.3. The van der Waals surface area contributed by atoms with Crippen molar-refractivity contribution in [3.8, 4) is 0 Å². The third-order valence-electron chi connectivity index (χ3n) is 2.12. The quantitative estimate of drug-likeness (QED) is 0.568. The van der Waals surface area contributed by atoms with Crippen LogP contribution in [0, 0.1) is 5.92 Å². The van der Waals surface area contributed by atoms with Gasteiger partial charge in [0.25, 0.3) is 5.91 Å². The van der Waals surface area contributed by atoms with E-state index in [1.54, 1.807) is 0 Å². The van der Waals surface area contributed by atoms with Crippen molar-refractivity contribution >= 4 is 11.8 Å². The van der Waals surface area contributed by atoms with Gasteiger partial charge >= 0.3 is 0 Å². The zero-order chi connectivity index (χ0) is 8.72. The molecule has 2 aliphatic rings. The first-order valence-corrected chi connectivity index (χ1v) is 3.95. The van der Waals surface area contributed by atoms with Crippen LogP contribution in [0.1, 0.15) is 12.8 Å². The molecule has 0 atom stereocenters. The third kappa shape index (κ3) is 0.995. The average Bonchev–Trinajstić information content (AvgIpc) is 2.82. The van der Waals surface area contributed by atoms with Gasteiger partial charge in [-0.2, -0.15) is 0 Å². The molecule has 1 aliphatic carbocycles. The molecule has 64 valence electrons. The first-order chi connectivity index (χ1) is 5.70. The molecule has 0 aromatic rings. The summed E-state index contributed by atoms with van der Waals surface area (Å²) in [5.41, 5.74) is 0. The lowest BCUT2D eigenvalue weighted by Gasteiger charge is -2.12. The second kappa shape index (κ2) is 2.33. The Morgan fingerprint density at radius 3 is 2.67 bits per heavy atom. The summed E-state index contributed by atoms with van der Waals surface area (Å²) in [6, 6.07) is 0. The maximum atomic E-state index is 11.3. The van der Waals surface area contributed by atoms with Crippen molar-refractivity contribution in [2.75, 3.05) is 6.54 Å². The molecule has 0 aromatic heterocycles. The fourth-order valence-electron chi connectivity index (χ4n) is 1.23. The van der Waals surface area contributed by atoms with E-state index in [2.05, 4.69) is 0 Å². The number of carbonyl (C=O) groups excluding carboxylic acids is 2. The second-order valence-corrected chi connectivity index (χ2v) is 3.12. The fraction of sp³-hybridized carbons (Fsp3) is 0.500. The number of rotatable bonds is 1. The molecule has 4 nitrogen and oxygen atoms in total. The Kier molecular flexibility index (Phi) is 1.43. The third-order valence-corrected chi connectivity index (χ3v) is 2.12. The smallest absolute Gasteiger partial charge is 0.295 e. The lowest BCUT2D eigenvalue weighted by molar-refractivity contribution is -0.142. The van der Waals surface area contributed by atoms with Gasteiger partial charge in [0.05, 0.1) is 6.54 Å². The van der Waals surface area contributed by atoms with Crippen LogP contribution < -0.4 is 0 Å². The predicted molar refractivity (Wildman–Crippen MR) is 40.2 cm³/mol. The highest BCUT2D eigenvalue weighted by Gasteiger charge is 2.38. The number of amides is 2. The number of carbonyl (C=O) groups is 2. The van der Waals surface area contributed by atoms with Crippen LogP contribution in [-0.2, 0) is 9.59 Å². The molecule has 1 saturated carbocycles. The van der Waals surface area contributed by atoms with E-state index in [4.69, 9.17) is 5.11 Å². The van der Waals surface area contributed by atoms with Gasteiger partial charge in [0.2, 0.25) is 5.91 Å².